The van der Waals surface area contributed by atoms with Crippen molar-refractivity contribution in [2.24, 2.45) is 0 Å². The van der Waals surface area contributed by atoms with Gasteiger partial charge in [-0.05, 0) is 53.6 Å². The summed E-state index contributed by atoms with van der Waals surface area (Å²) in [6, 6.07) is 12.1. The van der Waals surface area contributed by atoms with Gasteiger partial charge in [0.25, 0.3) is 0 Å². The predicted molar refractivity (Wildman–Crippen MR) is 81.6 cm³/mol. The Morgan fingerprint density at radius 3 is 2.60 bits per heavy atom. The lowest BCUT2D eigenvalue weighted by Gasteiger charge is -2.09. The molecule has 2 aromatic carbocycles. The molecule has 0 saturated heterocycles. The number of likely N-dealkylation sites (N-methyl/N-ethyl adjacent to an activating group) is 1. The van der Waals surface area contributed by atoms with Crippen LogP contribution in [0, 0.1) is 5.82 Å². The molecule has 20 heavy (non-hydrogen) atoms. The molecule has 0 amide bonds. The highest BCUT2D eigenvalue weighted by molar-refractivity contribution is 9.10. The van der Waals surface area contributed by atoms with E-state index in [1.807, 2.05) is 19.2 Å². The third-order valence-electron chi connectivity index (χ3n) is 3.10. The number of ketones is 1. The second-order valence-corrected chi connectivity index (χ2v) is 5.30. The molecule has 0 aliphatic rings. The molecule has 0 atom stereocenters. The van der Waals surface area contributed by atoms with Crippen LogP contribution in [-0.4, -0.2) is 19.4 Å². The van der Waals surface area contributed by atoms with Crippen molar-refractivity contribution in [1.82, 2.24) is 5.32 Å². The monoisotopic (exact) mass is 335 g/mol. The molecule has 0 bridgehead atoms. The van der Waals surface area contributed by atoms with E-state index in [4.69, 9.17) is 0 Å². The average Bonchev–Trinajstić information content (AvgIpc) is 2.47. The van der Waals surface area contributed by atoms with E-state index in [1.54, 1.807) is 24.3 Å². The zero-order valence-electron chi connectivity index (χ0n) is 11.1. The quantitative estimate of drug-likeness (QED) is 0.846. The van der Waals surface area contributed by atoms with Crippen molar-refractivity contribution in [2.75, 3.05) is 13.6 Å². The van der Waals surface area contributed by atoms with Gasteiger partial charge in [-0.15, -0.1) is 0 Å². The van der Waals surface area contributed by atoms with Gasteiger partial charge in [-0.2, -0.15) is 0 Å². The van der Waals surface area contributed by atoms with Gasteiger partial charge in [-0.25, -0.2) is 4.39 Å². The molecular weight excluding hydrogens is 321 g/mol. The first kappa shape index (κ1) is 14.9. The third kappa shape index (κ3) is 3.14. The molecular formula is C16H15BrFNO. The minimum atomic E-state index is -0.513. The normalized spacial score (nSPS) is 10.6. The number of rotatable bonds is 5. The molecule has 0 radical (unpaired) electrons. The maximum Gasteiger partial charge on any atom is 0.196 e. The SMILES string of the molecule is CNCCc1ccccc1C(=O)c1cccc(Br)c1F. The van der Waals surface area contributed by atoms with Crippen molar-refractivity contribution in [2.45, 2.75) is 6.42 Å². The molecule has 0 fully saturated rings. The number of benzene rings is 2. The van der Waals surface area contributed by atoms with Crippen LogP contribution in [0.3, 0.4) is 0 Å². The summed E-state index contributed by atoms with van der Waals surface area (Å²) in [5.74, 6) is -0.795. The van der Waals surface area contributed by atoms with E-state index < -0.39 is 5.82 Å². The summed E-state index contributed by atoms with van der Waals surface area (Å²) < 4.78 is 14.3. The Kier molecular flexibility index (Phi) is 5.04. The van der Waals surface area contributed by atoms with Crippen LogP contribution in [0.25, 0.3) is 0 Å². The van der Waals surface area contributed by atoms with Crippen LogP contribution in [-0.2, 0) is 6.42 Å². The summed E-state index contributed by atoms with van der Waals surface area (Å²) in [5, 5.41) is 3.05. The van der Waals surface area contributed by atoms with E-state index in [0.29, 0.717) is 10.0 Å². The van der Waals surface area contributed by atoms with Crippen molar-refractivity contribution in [1.29, 1.82) is 0 Å². The molecule has 0 unspecified atom stereocenters. The van der Waals surface area contributed by atoms with Gasteiger partial charge in [0.05, 0.1) is 10.0 Å². The molecule has 0 aromatic heterocycles. The standard InChI is InChI=1S/C16H15BrFNO/c1-19-10-9-11-5-2-3-6-12(11)16(20)13-7-4-8-14(17)15(13)18/h2-8,19H,9-10H2,1H3. The molecule has 2 nitrogen and oxygen atoms in total. The Morgan fingerprint density at radius 2 is 1.85 bits per heavy atom. The Bertz CT molecular complexity index is 628. The van der Waals surface area contributed by atoms with Crippen LogP contribution >= 0.6 is 15.9 Å². The van der Waals surface area contributed by atoms with Gasteiger partial charge >= 0.3 is 0 Å². The zero-order valence-corrected chi connectivity index (χ0v) is 12.7. The fraction of sp³-hybridized carbons (Fsp3) is 0.188. The maximum atomic E-state index is 14.0. The first-order valence-electron chi connectivity index (χ1n) is 6.36. The van der Waals surface area contributed by atoms with Crippen LogP contribution in [0.5, 0.6) is 0 Å². The fourth-order valence-corrected chi connectivity index (χ4v) is 2.41. The molecule has 0 aliphatic heterocycles. The van der Waals surface area contributed by atoms with Crippen LogP contribution in [0.1, 0.15) is 21.5 Å². The predicted octanol–water partition coefficient (Wildman–Crippen LogP) is 3.58. The molecule has 2 rings (SSSR count). The summed E-state index contributed by atoms with van der Waals surface area (Å²) in [7, 11) is 1.86. The minimum absolute atomic E-state index is 0.0938. The van der Waals surface area contributed by atoms with Gasteiger partial charge in [0.15, 0.2) is 5.78 Å². The molecule has 0 saturated carbocycles. The lowest BCUT2D eigenvalue weighted by Crippen LogP contribution is -2.14. The topological polar surface area (TPSA) is 29.1 Å². The largest absolute Gasteiger partial charge is 0.319 e. The number of halogens is 2. The van der Waals surface area contributed by atoms with Crippen molar-refractivity contribution in [3.05, 3.63) is 69.4 Å². The Balaban J connectivity index is 2.40. The highest BCUT2D eigenvalue weighted by Gasteiger charge is 2.18. The summed E-state index contributed by atoms with van der Waals surface area (Å²) >= 11 is 3.11. The Hall–Kier alpha value is -1.52. The molecule has 0 spiro atoms. The van der Waals surface area contributed by atoms with Gasteiger partial charge < -0.3 is 5.32 Å². The number of carbonyl (C=O) groups excluding carboxylic acids is 1. The van der Waals surface area contributed by atoms with E-state index >= 15 is 0 Å². The highest BCUT2D eigenvalue weighted by atomic mass is 79.9. The van der Waals surface area contributed by atoms with Crippen LogP contribution in [0.2, 0.25) is 0 Å². The minimum Gasteiger partial charge on any atom is -0.319 e. The van der Waals surface area contributed by atoms with Gasteiger partial charge in [-0.1, -0.05) is 30.3 Å². The molecule has 2 aromatic rings. The van der Waals surface area contributed by atoms with E-state index in [-0.39, 0.29) is 11.3 Å². The molecule has 1 N–H and O–H groups in total. The van der Waals surface area contributed by atoms with Crippen molar-refractivity contribution >= 4 is 21.7 Å². The maximum absolute atomic E-state index is 14.0. The number of hydrogen-bond acceptors (Lipinski definition) is 2. The number of hydrogen-bond donors (Lipinski definition) is 1. The lowest BCUT2D eigenvalue weighted by atomic mass is 9.96. The summed E-state index contributed by atoms with van der Waals surface area (Å²) in [5.41, 5.74) is 1.57. The summed E-state index contributed by atoms with van der Waals surface area (Å²) in [6.07, 6.45) is 0.730. The first-order valence-corrected chi connectivity index (χ1v) is 7.15. The number of nitrogens with one attached hydrogen (secondary N) is 1. The van der Waals surface area contributed by atoms with Crippen molar-refractivity contribution in [3.63, 3.8) is 0 Å². The third-order valence-corrected chi connectivity index (χ3v) is 3.71. The first-order chi connectivity index (χ1) is 9.65. The van der Waals surface area contributed by atoms with Crippen LogP contribution < -0.4 is 5.32 Å². The fourth-order valence-electron chi connectivity index (χ4n) is 2.04. The smallest absolute Gasteiger partial charge is 0.196 e. The zero-order chi connectivity index (χ0) is 14.5. The summed E-state index contributed by atoms with van der Waals surface area (Å²) in [6.45, 7) is 0.769. The van der Waals surface area contributed by atoms with Gasteiger partial charge in [-0.3, -0.25) is 4.79 Å². The van der Waals surface area contributed by atoms with E-state index in [9.17, 15) is 9.18 Å². The van der Waals surface area contributed by atoms with Crippen molar-refractivity contribution in [3.8, 4) is 0 Å². The van der Waals surface area contributed by atoms with E-state index in [1.165, 1.54) is 6.07 Å². The van der Waals surface area contributed by atoms with Crippen LogP contribution in [0.15, 0.2) is 46.9 Å². The molecule has 0 heterocycles. The van der Waals surface area contributed by atoms with E-state index in [0.717, 1.165) is 18.5 Å². The number of carbonyl (C=O) groups is 1. The molecule has 0 aliphatic carbocycles. The van der Waals surface area contributed by atoms with Crippen LogP contribution in [0.4, 0.5) is 4.39 Å². The highest BCUT2D eigenvalue weighted by Crippen LogP contribution is 2.22. The van der Waals surface area contributed by atoms with Gasteiger partial charge in [0.2, 0.25) is 0 Å². The van der Waals surface area contributed by atoms with Gasteiger partial charge in [0.1, 0.15) is 5.82 Å². The molecule has 104 valence electrons. The van der Waals surface area contributed by atoms with E-state index in [2.05, 4.69) is 21.2 Å². The summed E-state index contributed by atoms with van der Waals surface area (Å²) in [4.78, 5) is 12.5. The second-order valence-electron chi connectivity index (χ2n) is 4.44. The Labute approximate surface area is 126 Å². The van der Waals surface area contributed by atoms with Crippen molar-refractivity contribution < 1.29 is 9.18 Å². The Morgan fingerprint density at radius 1 is 1.15 bits per heavy atom. The lowest BCUT2D eigenvalue weighted by molar-refractivity contribution is 0.103. The van der Waals surface area contributed by atoms with Gasteiger partial charge in [0, 0.05) is 5.56 Å². The molecule has 4 heteroatoms. The average molecular weight is 336 g/mol. The second kappa shape index (κ2) is 6.77.